The van der Waals surface area contributed by atoms with Gasteiger partial charge in [-0.2, -0.15) is 0 Å². The number of amides is 3. The Balaban J connectivity index is 1.74. The molecule has 0 radical (unpaired) electrons. The van der Waals surface area contributed by atoms with Gasteiger partial charge in [0.2, 0.25) is 11.8 Å². The van der Waals surface area contributed by atoms with Gasteiger partial charge in [-0.15, -0.1) is 0 Å². The SMILES string of the molecule is CN(C)C(=O)CN1CCN(C(=O)CNC(=O)c2ccc(F)cc2)CC1. The molecular formula is C17H23FN4O3. The van der Waals surface area contributed by atoms with Gasteiger partial charge in [-0.25, -0.2) is 4.39 Å². The zero-order valence-corrected chi connectivity index (χ0v) is 14.5. The number of carbonyl (C=O) groups is 3. The lowest BCUT2D eigenvalue weighted by Gasteiger charge is -2.34. The number of hydrogen-bond acceptors (Lipinski definition) is 4. The predicted octanol–water partition coefficient (Wildman–Crippen LogP) is -0.212. The van der Waals surface area contributed by atoms with Gasteiger partial charge in [0.05, 0.1) is 13.1 Å². The monoisotopic (exact) mass is 350 g/mol. The molecule has 3 amide bonds. The van der Waals surface area contributed by atoms with E-state index in [0.29, 0.717) is 38.3 Å². The van der Waals surface area contributed by atoms with Crippen LogP contribution in [0.1, 0.15) is 10.4 Å². The number of halogens is 1. The van der Waals surface area contributed by atoms with Crippen molar-refractivity contribution in [2.24, 2.45) is 0 Å². The molecule has 1 N–H and O–H groups in total. The van der Waals surface area contributed by atoms with Crippen LogP contribution < -0.4 is 5.32 Å². The summed E-state index contributed by atoms with van der Waals surface area (Å²) in [6.07, 6.45) is 0. The first-order valence-electron chi connectivity index (χ1n) is 8.11. The van der Waals surface area contributed by atoms with Crippen molar-refractivity contribution in [3.05, 3.63) is 35.6 Å². The van der Waals surface area contributed by atoms with Crippen molar-refractivity contribution in [1.82, 2.24) is 20.0 Å². The molecular weight excluding hydrogens is 327 g/mol. The Morgan fingerprint density at radius 3 is 2.24 bits per heavy atom. The van der Waals surface area contributed by atoms with Crippen molar-refractivity contribution in [3.8, 4) is 0 Å². The van der Waals surface area contributed by atoms with Crippen molar-refractivity contribution < 1.29 is 18.8 Å². The first-order chi connectivity index (χ1) is 11.9. The molecule has 1 aliphatic rings. The Bertz CT molecular complexity index is 625. The highest BCUT2D eigenvalue weighted by Gasteiger charge is 2.23. The van der Waals surface area contributed by atoms with E-state index in [1.165, 1.54) is 24.3 Å². The zero-order valence-electron chi connectivity index (χ0n) is 14.5. The lowest BCUT2D eigenvalue weighted by molar-refractivity contribution is -0.133. The van der Waals surface area contributed by atoms with Crippen LogP contribution in [0.2, 0.25) is 0 Å². The van der Waals surface area contributed by atoms with Crippen LogP contribution in [0.3, 0.4) is 0 Å². The van der Waals surface area contributed by atoms with E-state index in [0.717, 1.165) is 0 Å². The van der Waals surface area contributed by atoms with Gasteiger partial charge in [0, 0.05) is 45.8 Å². The first-order valence-corrected chi connectivity index (χ1v) is 8.11. The average molecular weight is 350 g/mol. The second-order valence-corrected chi connectivity index (χ2v) is 6.13. The van der Waals surface area contributed by atoms with Crippen LogP contribution in [0.25, 0.3) is 0 Å². The summed E-state index contributed by atoms with van der Waals surface area (Å²) in [6, 6.07) is 5.14. The van der Waals surface area contributed by atoms with Crippen molar-refractivity contribution in [2.45, 2.75) is 0 Å². The first kappa shape index (κ1) is 18.9. The Kier molecular flexibility index (Phi) is 6.46. The predicted molar refractivity (Wildman–Crippen MR) is 90.4 cm³/mol. The van der Waals surface area contributed by atoms with E-state index in [-0.39, 0.29) is 18.4 Å². The number of carbonyl (C=O) groups excluding carboxylic acids is 3. The van der Waals surface area contributed by atoms with Crippen LogP contribution in [-0.2, 0) is 9.59 Å². The number of hydrogen-bond donors (Lipinski definition) is 1. The van der Waals surface area contributed by atoms with Gasteiger partial charge in [0.25, 0.3) is 5.91 Å². The number of rotatable bonds is 5. The van der Waals surface area contributed by atoms with Crippen LogP contribution >= 0.6 is 0 Å². The fourth-order valence-corrected chi connectivity index (χ4v) is 2.46. The summed E-state index contributed by atoms with van der Waals surface area (Å²) in [7, 11) is 3.43. The molecule has 0 aliphatic carbocycles. The van der Waals surface area contributed by atoms with Crippen LogP contribution in [0, 0.1) is 5.82 Å². The summed E-state index contributed by atoms with van der Waals surface area (Å²) in [6.45, 7) is 2.52. The standard InChI is InChI=1S/C17H23FN4O3/c1-20(2)16(24)12-21-7-9-22(10-8-21)15(23)11-19-17(25)13-3-5-14(18)6-4-13/h3-6H,7-12H2,1-2H3,(H,19,25). The van der Waals surface area contributed by atoms with Gasteiger partial charge in [-0.05, 0) is 24.3 Å². The third-order valence-electron chi connectivity index (χ3n) is 4.09. The fraction of sp³-hybridized carbons (Fsp3) is 0.471. The van der Waals surface area contributed by atoms with E-state index in [4.69, 9.17) is 0 Å². The third-order valence-corrected chi connectivity index (χ3v) is 4.09. The minimum absolute atomic E-state index is 0.0336. The number of likely N-dealkylation sites (N-methyl/N-ethyl adjacent to an activating group) is 1. The van der Waals surface area contributed by atoms with Gasteiger partial charge in [-0.1, -0.05) is 0 Å². The van der Waals surface area contributed by atoms with E-state index < -0.39 is 11.7 Å². The lowest BCUT2D eigenvalue weighted by atomic mass is 10.2. The molecule has 0 unspecified atom stereocenters. The number of nitrogens with zero attached hydrogens (tertiary/aromatic N) is 3. The van der Waals surface area contributed by atoms with Crippen LogP contribution in [0.5, 0.6) is 0 Å². The maximum absolute atomic E-state index is 12.8. The Morgan fingerprint density at radius 2 is 1.68 bits per heavy atom. The molecule has 0 aromatic heterocycles. The van der Waals surface area contributed by atoms with E-state index in [2.05, 4.69) is 5.32 Å². The molecule has 8 heteroatoms. The van der Waals surface area contributed by atoms with Gasteiger partial charge in [0.15, 0.2) is 0 Å². The van der Waals surface area contributed by atoms with Crippen LogP contribution in [0.4, 0.5) is 4.39 Å². The van der Waals surface area contributed by atoms with E-state index in [9.17, 15) is 18.8 Å². The zero-order chi connectivity index (χ0) is 18.4. The highest BCUT2D eigenvalue weighted by atomic mass is 19.1. The summed E-state index contributed by atoms with van der Waals surface area (Å²) in [5, 5.41) is 2.55. The van der Waals surface area contributed by atoms with Gasteiger partial charge < -0.3 is 15.1 Å². The molecule has 0 saturated carbocycles. The molecule has 7 nitrogen and oxygen atoms in total. The summed E-state index contributed by atoms with van der Waals surface area (Å²) < 4.78 is 12.8. The molecule has 25 heavy (non-hydrogen) atoms. The van der Waals surface area contributed by atoms with Crippen molar-refractivity contribution in [2.75, 3.05) is 53.4 Å². The van der Waals surface area contributed by atoms with Crippen molar-refractivity contribution >= 4 is 17.7 Å². The lowest BCUT2D eigenvalue weighted by Crippen LogP contribution is -2.52. The van der Waals surface area contributed by atoms with E-state index in [1.54, 1.807) is 23.9 Å². The number of nitrogens with one attached hydrogen (secondary N) is 1. The summed E-state index contributed by atoms with van der Waals surface area (Å²) in [4.78, 5) is 41.0. The summed E-state index contributed by atoms with van der Waals surface area (Å²) in [5.41, 5.74) is 0.307. The maximum atomic E-state index is 12.8. The largest absolute Gasteiger partial charge is 0.348 e. The average Bonchev–Trinajstić information content (AvgIpc) is 2.60. The summed E-state index contributed by atoms with van der Waals surface area (Å²) >= 11 is 0. The second kappa shape index (κ2) is 8.57. The number of benzene rings is 1. The van der Waals surface area contributed by atoms with E-state index in [1.807, 2.05) is 4.90 Å². The van der Waals surface area contributed by atoms with Gasteiger partial charge >= 0.3 is 0 Å². The third kappa shape index (κ3) is 5.53. The van der Waals surface area contributed by atoms with Crippen LogP contribution in [-0.4, -0.2) is 85.8 Å². The van der Waals surface area contributed by atoms with Crippen LogP contribution in [0.15, 0.2) is 24.3 Å². The molecule has 0 atom stereocenters. The molecule has 1 heterocycles. The van der Waals surface area contributed by atoms with Crippen molar-refractivity contribution in [3.63, 3.8) is 0 Å². The molecule has 1 aliphatic heterocycles. The normalized spacial score (nSPS) is 14.9. The Labute approximate surface area is 146 Å². The quantitative estimate of drug-likeness (QED) is 0.797. The minimum atomic E-state index is -0.418. The molecule has 1 fully saturated rings. The van der Waals surface area contributed by atoms with Crippen molar-refractivity contribution in [1.29, 1.82) is 0 Å². The molecule has 2 rings (SSSR count). The molecule has 1 aromatic carbocycles. The maximum Gasteiger partial charge on any atom is 0.251 e. The fourth-order valence-electron chi connectivity index (χ4n) is 2.46. The van der Waals surface area contributed by atoms with E-state index >= 15 is 0 Å². The van der Waals surface area contributed by atoms with Gasteiger partial charge in [-0.3, -0.25) is 19.3 Å². The molecule has 0 bridgehead atoms. The number of piperazine rings is 1. The highest BCUT2D eigenvalue weighted by molar-refractivity contribution is 5.96. The minimum Gasteiger partial charge on any atom is -0.348 e. The molecule has 0 spiro atoms. The highest BCUT2D eigenvalue weighted by Crippen LogP contribution is 2.04. The molecule has 1 saturated heterocycles. The molecule has 136 valence electrons. The smallest absolute Gasteiger partial charge is 0.251 e. The topological polar surface area (TPSA) is 73.0 Å². The summed E-state index contributed by atoms with van der Waals surface area (Å²) in [5.74, 6) is -0.970. The van der Waals surface area contributed by atoms with Gasteiger partial charge in [0.1, 0.15) is 5.82 Å². The molecule has 1 aromatic rings. The Hall–Kier alpha value is -2.48. The Morgan fingerprint density at radius 1 is 1.08 bits per heavy atom. The second-order valence-electron chi connectivity index (χ2n) is 6.13.